The van der Waals surface area contributed by atoms with Gasteiger partial charge in [0.1, 0.15) is 11.6 Å². The highest BCUT2D eigenvalue weighted by Crippen LogP contribution is 2.13. The number of methoxy groups -OCH3 is 1. The molecule has 0 saturated heterocycles. The maximum absolute atomic E-state index is 5.15. The molecule has 0 saturated carbocycles. The number of rotatable bonds is 6. The predicted molar refractivity (Wildman–Crippen MR) is 78.8 cm³/mol. The van der Waals surface area contributed by atoms with Crippen LogP contribution in [0.25, 0.3) is 0 Å². The van der Waals surface area contributed by atoms with Crippen molar-refractivity contribution in [2.45, 2.75) is 12.8 Å². The van der Waals surface area contributed by atoms with E-state index in [4.69, 9.17) is 4.74 Å². The first-order valence-electron chi connectivity index (χ1n) is 6.54. The van der Waals surface area contributed by atoms with Crippen LogP contribution in [0.2, 0.25) is 0 Å². The Morgan fingerprint density at radius 3 is 2.53 bits per heavy atom. The summed E-state index contributed by atoms with van der Waals surface area (Å²) in [4.78, 5) is 6.52. The summed E-state index contributed by atoms with van der Waals surface area (Å²) in [6, 6.07) is 14.3. The van der Waals surface area contributed by atoms with Gasteiger partial charge in [0.15, 0.2) is 0 Å². The van der Waals surface area contributed by atoms with Gasteiger partial charge in [-0.1, -0.05) is 18.2 Å². The van der Waals surface area contributed by atoms with Crippen LogP contribution in [0.3, 0.4) is 0 Å². The van der Waals surface area contributed by atoms with Crippen molar-refractivity contribution in [3.63, 3.8) is 0 Å². The van der Waals surface area contributed by atoms with Gasteiger partial charge in [-0.3, -0.25) is 0 Å². The largest absolute Gasteiger partial charge is 0.497 e. The normalized spacial score (nSPS) is 10.2. The number of anilines is 1. The van der Waals surface area contributed by atoms with Crippen LogP contribution in [0.15, 0.2) is 48.7 Å². The predicted octanol–water partition coefficient (Wildman–Crippen LogP) is 3.16. The number of aryl methyl sites for hydroxylation is 1. The summed E-state index contributed by atoms with van der Waals surface area (Å²) in [6.07, 6.45) is 4.01. The van der Waals surface area contributed by atoms with Gasteiger partial charge in [0, 0.05) is 19.8 Å². The molecule has 1 aromatic heterocycles. The van der Waals surface area contributed by atoms with E-state index in [-0.39, 0.29) is 0 Å². The minimum absolute atomic E-state index is 0.911. The van der Waals surface area contributed by atoms with Crippen LogP contribution in [0.5, 0.6) is 5.75 Å². The van der Waals surface area contributed by atoms with E-state index in [0.29, 0.717) is 0 Å². The standard InChI is InChI=1S/C16H20N2O/c1-18(16-7-3-4-12-17-16)13-5-6-14-8-10-15(19-2)11-9-14/h3-4,7-12H,5-6,13H2,1-2H3. The zero-order valence-corrected chi connectivity index (χ0v) is 11.5. The van der Waals surface area contributed by atoms with Crippen molar-refractivity contribution in [2.24, 2.45) is 0 Å². The highest BCUT2D eigenvalue weighted by molar-refractivity contribution is 5.36. The van der Waals surface area contributed by atoms with Crippen LogP contribution in [-0.4, -0.2) is 25.7 Å². The third-order valence-corrected chi connectivity index (χ3v) is 3.16. The number of pyridine rings is 1. The fraction of sp³-hybridized carbons (Fsp3) is 0.312. The van der Waals surface area contributed by atoms with Gasteiger partial charge >= 0.3 is 0 Å². The quantitative estimate of drug-likeness (QED) is 0.794. The van der Waals surface area contributed by atoms with Crippen LogP contribution in [-0.2, 0) is 6.42 Å². The third kappa shape index (κ3) is 3.98. The molecule has 0 unspecified atom stereocenters. The molecule has 3 nitrogen and oxygen atoms in total. The molecule has 0 amide bonds. The van der Waals surface area contributed by atoms with E-state index in [9.17, 15) is 0 Å². The lowest BCUT2D eigenvalue weighted by Gasteiger charge is -2.17. The maximum Gasteiger partial charge on any atom is 0.128 e. The first-order chi connectivity index (χ1) is 9.29. The second kappa shape index (κ2) is 6.78. The fourth-order valence-corrected chi connectivity index (χ4v) is 2.01. The number of benzene rings is 1. The van der Waals surface area contributed by atoms with Gasteiger partial charge in [-0.05, 0) is 42.7 Å². The molecule has 19 heavy (non-hydrogen) atoms. The van der Waals surface area contributed by atoms with E-state index in [2.05, 4.69) is 29.1 Å². The average molecular weight is 256 g/mol. The number of ether oxygens (including phenoxy) is 1. The Labute approximate surface area is 114 Å². The van der Waals surface area contributed by atoms with Gasteiger partial charge in [0.05, 0.1) is 7.11 Å². The Bertz CT molecular complexity index is 482. The Morgan fingerprint density at radius 2 is 1.89 bits per heavy atom. The number of aromatic nitrogens is 1. The average Bonchev–Trinajstić information content (AvgIpc) is 2.49. The van der Waals surface area contributed by atoms with Crippen LogP contribution >= 0.6 is 0 Å². The Hall–Kier alpha value is -2.03. The van der Waals surface area contributed by atoms with Crippen molar-refractivity contribution in [2.75, 3.05) is 25.6 Å². The molecule has 0 fully saturated rings. The minimum atomic E-state index is 0.911. The zero-order valence-electron chi connectivity index (χ0n) is 11.5. The van der Waals surface area contributed by atoms with Crippen molar-refractivity contribution < 1.29 is 4.74 Å². The molecule has 2 rings (SSSR count). The summed E-state index contributed by atoms with van der Waals surface area (Å²) < 4.78 is 5.15. The van der Waals surface area contributed by atoms with Gasteiger partial charge in [0.25, 0.3) is 0 Å². The van der Waals surface area contributed by atoms with Gasteiger partial charge in [0.2, 0.25) is 0 Å². The summed E-state index contributed by atoms with van der Waals surface area (Å²) in [7, 11) is 3.77. The maximum atomic E-state index is 5.15. The number of hydrogen-bond acceptors (Lipinski definition) is 3. The lowest BCUT2D eigenvalue weighted by molar-refractivity contribution is 0.414. The molecule has 2 aromatic rings. The smallest absolute Gasteiger partial charge is 0.128 e. The second-order valence-corrected chi connectivity index (χ2v) is 4.56. The van der Waals surface area contributed by atoms with E-state index in [1.54, 1.807) is 7.11 Å². The monoisotopic (exact) mass is 256 g/mol. The molecule has 0 bridgehead atoms. The third-order valence-electron chi connectivity index (χ3n) is 3.16. The van der Waals surface area contributed by atoms with Crippen LogP contribution in [0.4, 0.5) is 5.82 Å². The molecule has 3 heteroatoms. The van der Waals surface area contributed by atoms with Crippen LogP contribution < -0.4 is 9.64 Å². The second-order valence-electron chi connectivity index (χ2n) is 4.56. The van der Waals surface area contributed by atoms with Crippen molar-refractivity contribution >= 4 is 5.82 Å². The first kappa shape index (κ1) is 13.4. The molecule has 1 aromatic carbocycles. The lowest BCUT2D eigenvalue weighted by Crippen LogP contribution is -2.19. The molecule has 0 aliphatic rings. The SMILES string of the molecule is COc1ccc(CCCN(C)c2ccccn2)cc1. The Morgan fingerprint density at radius 1 is 1.11 bits per heavy atom. The summed E-state index contributed by atoms with van der Waals surface area (Å²) in [5, 5.41) is 0. The molecule has 0 atom stereocenters. The number of hydrogen-bond donors (Lipinski definition) is 0. The molecule has 0 spiro atoms. The van der Waals surface area contributed by atoms with E-state index in [0.717, 1.165) is 31.0 Å². The van der Waals surface area contributed by atoms with E-state index in [1.807, 2.05) is 36.5 Å². The topological polar surface area (TPSA) is 25.4 Å². The number of nitrogens with zero attached hydrogens (tertiary/aromatic N) is 2. The summed E-state index contributed by atoms with van der Waals surface area (Å²) in [5.74, 6) is 1.94. The van der Waals surface area contributed by atoms with Gasteiger partial charge < -0.3 is 9.64 Å². The van der Waals surface area contributed by atoms with Crippen molar-refractivity contribution in [1.82, 2.24) is 4.98 Å². The van der Waals surface area contributed by atoms with Gasteiger partial charge in [-0.25, -0.2) is 4.98 Å². The van der Waals surface area contributed by atoms with Crippen molar-refractivity contribution in [3.05, 3.63) is 54.2 Å². The summed E-state index contributed by atoms with van der Waals surface area (Å²) in [5.41, 5.74) is 1.34. The molecule has 0 radical (unpaired) electrons. The molecule has 1 heterocycles. The molecular formula is C16H20N2O. The van der Waals surface area contributed by atoms with Crippen LogP contribution in [0.1, 0.15) is 12.0 Å². The summed E-state index contributed by atoms with van der Waals surface area (Å²) >= 11 is 0. The van der Waals surface area contributed by atoms with Crippen LogP contribution in [0, 0.1) is 0 Å². The molecule has 0 aliphatic heterocycles. The van der Waals surface area contributed by atoms with E-state index >= 15 is 0 Å². The van der Waals surface area contributed by atoms with E-state index < -0.39 is 0 Å². The first-order valence-corrected chi connectivity index (χ1v) is 6.54. The molecular weight excluding hydrogens is 236 g/mol. The highest BCUT2D eigenvalue weighted by Gasteiger charge is 2.01. The van der Waals surface area contributed by atoms with Crippen molar-refractivity contribution in [1.29, 1.82) is 0 Å². The van der Waals surface area contributed by atoms with Gasteiger partial charge in [-0.15, -0.1) is 0 Å². The fourth-order valence-electron chi connectivity index (χ4n) is 2.01. The molecule has 0 N–H and O–H groups in total. The summed E-state index contributed by atoms with van der Waals surface area (Å²) in [6.45, 7) is 1.00. The highest BCUT2D eigenvalue weighted by atomic mass is 16.5. The van der Waals surface area contributed by atoms with E-state index in [1.165, 1.54) is 5.56 Å². The Balaban J connectivity index is 1.79. The minimum Gasteiger partial charge on any atom is -0.497 e. The zero-order chi connectivity index (χ0) is 13.5. The molecule has 0 aliphatic carbocycles. The Kier molecular flexibility index (Phi) is 4.78. The molecule has 100 valence electrons. The van der Waals surface area contributed by atoms with Gasteiger partial charge in [-0.2, -0.15) is 0 Å². The lowest BCUT2D eigenvalue weighted by atomic mass is 10.1. The van der Waals surface area contributed by atoms with Crippen molar-refractivity contribution in [3.8, 4) is 5.75 Å².